The van der Waals surface area contributed by atoms with Crippen molar-refractivity contribution in [2.75, 3.05) is 14.2 Å². The highest BCUT2D eigenvalue weighted by Gasteiger charge is 2.19. The van der Waals surface area contributed by atoms with Crippen molar-refractivity contribution in [3.8, 4) is 34.0 Å². The summed E-state index contributed by atoms with van der Waals surface area (Å²) in [4.78, 5) is 9.72. The van der Waals surface area contributed by atoms with Gasteiger partial charge in [-0.2, -0.15) is 0 Å². The van der Waals surface area contributed by atoms with Gasteiger partial charge < -0.3 is 9.47 Å². The van der Waals surface area contributed by atoms with Crippen LogP contribution in [0.2, 0.25) is 0 Å². The summed E-state index contributed by atoms with van der Waals surface area (Å²) in [6.07, 6.45) is 1.82. The molecule has 0 aliphatic rings. The number of hydrogen-bond donors (Lipinski definition) is 0. The SMILES string of the molecule is COc1cc2ncn3c(-c4ccccc4)c(-c4ccccc4)nc3c2cc1OC. The number of benzene rings is 3. The molecule has 5 rings (SSSR count). The number of fused-ring (bicyclic) bond motifs is 3. The van der Waals surface area contributed by atoms with Gasteiger partial charge in [-0.25, -0.2) is 9.97 Å². The number of nitrogens with zero attached hydrogens (tertiary/aromatic N) is 3. The maximum atomic E-state index is 5.51. The lowest BCUT2D eigenvalue weighted by molar-refractivity contribution is 0.356. The Morgan fingerprint density at radius 2 is 1.38 bits per heavy atom. The van der Waals surface area contributed by atoms with Crippen LogP contribution in [-0.4, -0.2) is 28.6 Å². The molecule has 0 saturated carbocycles. The van der Waals surface area contributed by atoms with E-state index in [4.69, 9.17) is 14.5 Å². The lowest BCUT2D eigenvalue weighted by atomic mass is 10.1. The number of methoxy groups -OCH3 is 2. The molecule has 0 saturated heterocycles. The summed E-state index contributed by atoms with van der Waals surface area (Å²) in [5.74, 6) is 1.30. The van der Waals surface area contributed by atoms with Crippen LogP contribution < -0.4 is 9.47 Å². The number of aromatic nitrogens is 3. The second-order valence-corrected chi connectivity index (χ2v) is 6.70. The standard InChI is InChI=1S/C24H19N3O2/c1-28-20-13-18-19(14-21(20)29-2)25-15-27-23(17-11-7-4-8-12-17)22(26-24(18)27)16-9-5-3-6-10-16/h3-15H,1-2H3. The van der Waals surface area contributed by atoms with Gasteiger partial charge >= 0.3 is 0 Å². The summed E-state index contributed by atoms with van der Waals surface area (Å²) in [7, 11) is 3.26. The fourth-order valence-electron chi connectivity index (χ4n) is 3.68. The Hall–Kier alpha value is -3.86. The Morgan fingerprint density at radius 3 is 2.03 bits per heavy atom. The summed E-state index contributed by atoms with van der Waals surface area (Å²) >= 11 is 0. The highest BCUT2D eigenvalue weighted by atomic mass is 16.5. The number of ether oxygens (including phenoxy) is 2. The average Bonchev–Trinajstić information content (AvgIpc) is 3.19. The molecule has 5 heteroatoms. The molecule has 5 aromatic rings. The maximum Gasteiger partial charge on any atom is 0.162 e. The van der Waals surface area contributed by atoms with Crippen LogP contribution in [0.15, 0.2) is 79.1 Å². The summed E-state index contributed by atoms with van der Waals surface area (Å²) in [5.41, 5.74) is 5.70. The smallest absolute Gasteiger partial charge is 0.162 e. The van der Waals surface area contributed by atoms with Crippen LogP contribution in [-0.2, 0) is 0 Å². The van der Waals surface area contributed by atoms with Crippen LogP contribution in [0.4, 0.5) is 0 Å². The molecule has 0 aliphatic carbocycles. The molecule has 0 N–H and O–H groups in total. The quantitative estimate of drug-likeness (QED) is 0.427. The molecule has 2 aromatic heterocycles. The molecule has 0 radical (unpaired) electrons. The fourth-order valence-corrected chi connectivity index (χ4v) is 3.68. The topological polar surface area (TPSA) is 48.7 Å². The van der Waals surface area contributed by atoms with E-state index < -0.39 is 0 Å². The van der Waals surface area contributed by atoms with Crippen molar-refractivity contribution in [3.05, 3.63) is 79.1 Å². The van der Waals surface area contributed by atoms with Gasteiger partial charge in [-0.1, -0.05) is 60.7 Å². The lowest BCUT2D eigenvalue weighted by Gasteiger charge is -2.10. The Balaban J connectivity index is 1.89. The molecular weight excluding hydrogens is 362 g/mol. The number of imidazole rings is 1. The van der Waals surface area contributed by atoms with Gasteiger partial charge in [0, 0.05) is 22.6 Å². The van der Waals surface area contributed by atoms with Crippen LogP contribution in [0, 0.1) is 0 Å². The third-order valence-electron chi connectivity index (χ3n) is 5.06. The molecule has 0 atom stereocenters. The Morgan fingerprint density at radius 1 is 0.759 bits per heavy atom. The minimum Gasteiger partial charge on any atom is -0.493 e. The molecule has 0 fully saturated rings. The van der Waals surface area contributed by atoms with Crippen LogP contribution in [0.25, 0.3) is 39.1 Å². The molecule has 0 amide bonds. The van der Waals surface area contributed by atoms with Crippen molar-refractivity contribution in [2.45, 2.75) is 0 Å². The van der Waals surface area contributed by atoms with Crippen LogP contribution >= 0.6 is 0 Å². The summed E-state index contributed by atoms with van der Waals surface area (Å²) < 4.78 is 13.0. The van der Waals surface area contributed by atoms with Crippen molar-refractivity contribution >= 4 is 16.6 Å². The zero-order valence-corrected chi connectivity index (χ0v) is 16.2. The zero-order chi connectivity index (χ0) is 19.8. The van der Waals surface area contributed by atoms with Gasteiger partial charge in [0.05, 0.1) is 31.1 Å². The van der Waals surface area contributed by atoms with Crippen LogP contribution in [0.3, 0.4) is 0 Å². The maximum absolute atomic E-state index is 5.51. The second-order valence-electron chi connectivity index (χ2n) is 6.70. The van der Waals surface area contributed by atoms with E-state index in [0.29, 0.717) is 11.5 Å². The average molecular weight is 381 g/mol. The molecule has 0 spiro atoms. The van der Waals surface area contributed by atoms with Crippen molar-refractivity contribution in [2.24, 2.45) is 0 Å². The van der Waals surface area contributed by atoms with Gasteiger partial charge in [-0.3, -0.25) is 4.40 Å². The van der Waals surface area contributed by atoms with E-state index >= 15 is 0 Å². The minimum absolute atomic E-state index is 0.648. The molecule has 142 valence electrons. The van der Waals surface area contributed by atoms with E-state index in [1.165, 1.54) is 0 Å². The molecule has 3 aromatic carbocycles. The second kappa shape index (κ2) is 6.95. The first-order valence-electron chi connectivity index (χ1n) is 9.34. The zero-order valence-electron chi connectivity index (χ0n) is 16.2. The highest BCUT2D eigenvalue weighted by Crippen LogP contribution is 2.37. The molecule has 0 bridgehead atoms. The summed E-state index contributed by atoms with van der Waals surface area (Å²) in [5, 5.41) is 0.907. The van der Waals surface area contributed by atoms with E-state index in [1.54, 1.807) is 14.2 Å². The monoisotopic (exact) mass is 381 g/mol. The van der Waals surface area contributed by atoms with Crippen LogP contribution in [0.1, 0.15) is 0 Å². The van der Waals surface area contributed by atoms with Crippen molar-refractivity contribution < 1.29 is 9.47 Å². The van der Waals surface area contributed by atoms with E-state index in [0.717, 1.165) is 39.1 Å². The Labute approximate surface area is 168 Å². The number of hydrogen-bond acceptors (Lipinski definition) is 4. The molecule has 2 heterocycles. The van der Waals surface area contributed by atoms with Gasteiger partial charge in [0.15, 0.2) is 11.5 Å². The summed E-state index contributed by atoms with van der Waals surface area (Å²) in [6, 6.07) is 24.3. The predicted octanol–water partition coefficient (Wildman–Crippen LogP) is 5.23. The van der Waals surface area contributed by atoms with Crippen LogP contribution in [0.5, 0.6) is 11.5 Å². The molecule has 0 aliphatic heterocycles. The normalized spacial score (nSPS) is 11.1. The molecule has 29 heavy (non-hydrogen) atoms. The first-order chi connectivity index (χ1) is 14.3. The van der Waals surface area contributed by atoms with Gasteiger partial charge in [0.1, 0.15) is 12.0 Å². The first kappa shape index (κ1) is 17.3. The van der Waals surface area contributed by atoms with Gasteiger partial charge in [0.2, 0.25) is 0 Å². The largest absolute Gasteiger partial charge is 0.493 e. The van der Waals surface area contributed by atoms with E-state index in [2.05, 4.69) is 29.2 Å². The van der Waals surface area contributed by atoms with Crippen molar-refractivity contribution in [3.63, 3.8) is 0 Å². The van der Waals surface area contributed by atoms with Gasteiger partial charge in [0.25, 0.3) is 0 Å². The minimum atomic E-state index is 0.648. The third kappa shape index (κ3) is 2.79. The number of rotatable bonds is 4. The fraction of sp³-hybridized carbons (Fsp3) is 0.0833. The summed E-state index contributed by atoms with van der Waals surface area (Å²) in [6.45, 7) is 0. The third-order valence-corrected chi connectivity index (χ3v) is 5.06. The Kier molecular flexibility index (Phi) is 4.13. The molecule has 5 nitrogen and oxygen atoms in total. The Bertz CT molecular complexity index is 1310. The van der Waals surface area contributed by atoms with Gasteiger partial charge in [-0.15, -0.1) is 0 Å². The van der Waals surface area contributed by atoms with E-state index in [-0.39, 0.29) is 0 Å². The lowest BCUT2D eigenvalue weighted by Crippen LogP contribution is -1.95. The van der Waals surface area contributed by atoms with E-state index in [9.17, 15) is 0 Å². The van der Waals surface area contributed by atoms with Gasteiger partial charge in [-0.05, 0) is 6.07 Å². The van der Waals surface area contributed by atoms with Crippen molar-refractivity contribution in [1.82, 2.24) is 14.4 Å². The molecule has 0 unspecified atom stereocenters. The molecular formula is C24H19N3O2. The first-order valence-corrected chi connectivity index (χ1v) is 9.34. The van der Waals surface area contributed by atoms with Crippen molar-refractivity contribution in [1.29, 1.82) is 0 Å². The predicted molar refractivity (Wildman–Crippen MR) is 114 cm³/mol. The highest BCUT2D eigenvalue weighted by molar-refractivity contribution is 5.97. The van der Waals surface area contributed by atoms with E-state index in [1.807, 2.05) is 59.3 Å².